The first-order valence-corrected chi connectivity index (χ1v) is 26.4. The second-order valence-electron chi connectivity index (χ2n) is 19.0. The number of hydrogen-bond acceptors (Lipinski definition) is 10. The van der Waals surface area contributed by atoms with Gasteiger partial charge < -0.3 is 50.5 Å². The summed E-state index contributed by atoms with van der Waals surface area (Å²) in [6, 6.07) is -1.16. The van der Waals surface area contributed by atoms with E-state index in [2.05, 4.69) is 19.2 Å². The molecule has 11 heteroatoms. The molecule has 1 rings (SSSR count). The van der Waals surface area contributed by atoms with Gasteiger partial charge in [0.05, 0.1) is 25.4 Å². The summed E-state index contributed by atoms with van der Waals surface area (Å²) in [5, 5.41) is 75.0. The minimum absolute atomic E-state index is 0.265. The second-order valence-corrected chi connectivity index (χ2v) is 19.0. The normalized spacial score (nSPS) is 21.2. The van der Waals surface area contributed by atoms with Gasteiger partial charge in [-0.25, -0.2) is 0 Å². The number of carbonyl (C=O) groups excluding carboxylic acids is 1. The Kier molecular flexibility index (Phi) is 39.6. The molecule has 0 aromatic heterocycles. The van der Waals surface area contributed by atoms with Crippen LogP contribution in [0.3, 0.4) is 0 Å². The van der Waals surface area contributed by atoms with Gasteiger partial charge >= 0.3 is 0 Å². The van der Waals surface area contributed by atoms with Gasteiger partial charge in [-0.1, -0.05) is 239 Å². The van der Waals surface area contributed by atoms with Crippen molar-refractivity contribution in [1.82, 2.24) is 5.32 Å². The number of aliphatic hydroxyl groups is 7. The highest BCUT2D eigenvalue weighted by molar-refractivity contribution is 5.80. The van der Waals surface area contributed by atoms with Crippen molar-refractivity contribution in [1.29, 1.82) is 0 Å². The highest BCUT2D eigenvalue weighted by Gasteiger charge is 2.44. The van der Waals surface area contributed by atoms with Gasteiger partial charge in [0.2, 0.25) is 5.91 Å². The lowest BCUT2D eigenvalue weighted by Crippen LogP contribution is -2.60. The molecule has 8 N–H and O–H groups in total. The fraction of sp³-hybridized carbons (Fsp3) is 0.980. The lowest BCUT2D eigenvalue weighted by molar-refractivity contribution is -0.303. The minimum Gasteiger partial charge on any atom is -0.394 e. The summed E-state index contributed by atoms with van der Waals surface area (Å²) < 4.78 is 11.0. The first-order valence-electron chi connectivity index (χ1n) is 26.4. The van der Waals surface area contributed by atoms with Gasteiger partial charge in [0.25, 0.3) is 0 Å². The Hall–Kier alpha value is -0.890. The zero-order valence-electron chi connectivity index (χ0n) is 40.1. The zero-order valence-corrected chi connectivity index (χ0v) is 40.1. The van der Waals surface area contributed by atoms with Crippen LogP contribution in [-0.2, 0) is 14.3 Å². The quantitative estimate of drug-likeness (QED) is 0.0273. The van der Waals surface area contributed by atoms with Crippen LogP contribution in [-0.4, -0.2) is 110 Å². The van der Waals surface area contributed by atoms with Crippen molar-refractivity contribution in [2.75, 3.05) is 13.2 Å². The largest absolute Gasteiger partial charge is 0.394 e. The van der Waals surface area contributed by atoms with Crippen LogP contribution in [0.2, 0.25) is 0 Å². The molecule has 370 valence electrons. The van der Waals surface area contributed by atoms with Gasteiger partial charge in [0, 0.05) is 0 Å². The maximum Gasteiger partial charge on any atom is 0.249 e. The summed E-state index contributed by atoms with van der Waals surface area (Å²) >= 11 is 0. The molecular formula is C51H101NO10. The third-order valence-corrected chi connectivity index (χ3v) is 13.2. The van der Waals surface area contributed by atoms with Crippen molar-refractivity contribution in [3.8, 4) is 0 Å². The monoisotopic (exact) mass is 888 g/mol. The number of hydrogen-bond donors (Lipinski definition) is 8. The van der Waals surface area contributed by atoms with Crippen molar-refractivity contribution in [2.24, 2.45) is 0 Å². The molecule has 0 saturated carbocycles. The van der Waals surface area contributed by atoms with E-state index < -0.39 is 74.2 Å². The molecule has 1 saturated heterocycles. The smallest absolute Gasteiger partial charge is 0.249 e. The average molecular weight is 888 g/mol. The predicted octanol–water partition coefficient (Wildman–Crippen LogP) is 9.84. The topological polar surface area (TPSA) is 189 Å². The van der Waals surface area contributed by atoms with Crippen LogP contribution in [0.15, 0.2) is 0 Å². The highest BCUT2D eigenvalue weighted by Crippen LogP contribution is 2.23. The Balaban J connectivity index is 2.06. The molecule has 1 fully saturated rings. The molecule has 1 heterocycles. The molecule has 0 aromatic carbocycles. The van der Waals surface area contributed by atoms with Crippen molar-refractivity contribution < 1.29 is 50.0 Å². The second kappa shape index (κ2) is 41.5. The van der Waals surface area contributed by atoms with Crippen molar-refractivity contribution >= 4 is 5.91 Å². The van der Waals surface area contributed by atoms with Gasteiger partial charge in [0.1, 0.15) is 36.6 Å². The molecule has 0 aliphatic carbocycles. The van der Waals surface area contributed by atoms with Crippen LogP contribution in [0.1, 0.15) is 251 Å². The van der Waals surface area contributed by atoms with E-state index in [-0.39, 0.29) is 6.42 Å². The number of amides is 1. The summed E-state index contributed by atoms with van der Waals surface area (Å²) in [5.74, 6) is -0.699. The van der Waals surface area contributed by atoms with E-state index in [1.807, 2.05) is 0 Å². The number of ether oxygens (including phenoxy) is 2. The van der Waals surface area contributed by atoms with Crippen molar-refractivity contribution in [3.05, 3.63) is 0 Å². The van der Waals surface area contributed by atoms with Crippen LogP contribution in [0.25, 0.3) is 0 Å². The third-order valence-electron chi connectivity index (χ3n) is 13.2. The maximum atomic E-state index is 13.0. The van der Waals surface area contributed by atoms with Gasteiger partial charge in [-0.05, 0) is 12.8 Å². The number of unbranched alkanes of at least 4 members (excludes halogenated alkanes) is 33. The number of carbonyl (C=O) groups is 1. The van der Waals surface area contributed by atoms with Crippen LogP contribution in [0.4, 0.5) is 0 Å². The Morgan fingerprint density at radius 3 is 1.21 bits per heavy atom. The molecule has 0 spiro atoms. The molecule has 62 heavy (non-hydrogen) atoms. The molecule has 1 aliphatic heterocycles. The summed E-state index contributed by atoms with van der Waals surface area (Å²) in [4.78, 5) is 13.0. The SMILES string of the molecule is CCCCCCCCCCCCCCCCCCCCCCCCCCCCCCCCCC(O)C(=O)NC(COC1OC(CO)C(O)C(O)C1O)C(O)C(O)CCCCCC. The summed E-state index contributed by atoms with van der Waals surface area (Å²) in [6.07, 6.45) is 34.2. The van der Waals surface area contributed by atoms with Crippen molar-refractivity contribution in [2.45, 2.75) is 306 Å². The standard InChI is InChI=1S/C51H101NO10/c1-3-5-7-9-10-11-12-13-14-15-16-17-18-19-20-21-22-23-24-25-26-27-28-29-30-31-32-33-34-35-37-39-44(55)50(60)52-42(46(56)43(54)38-36-8-6-4-2)41-61-51-49(59)48(58)47(57)45(40-53)62-51/h42-49,51,53-59H,3-41H2,1-2H3,(H,52,60). The fourth-order valence-electron chi connectivity index (χ4n) is 8.80. The van der Waals surface area contributed by atoms with E-state index in [0.29, 0.717) is 19.3 Å². The molecular weight excluding hydrogens is 787 g/mol. The molecule has 0 radical (unpaired) electrons. The molecule has 0 bridgehead atoms. The fourth-order valence-corrected chi connectivity index (χ4v) is 8.80. The molecule has 1 amide bonds. The summed E-state index contributed by atoms with van der Waals surface area (Å²) in [5.41, 5.74) is 0. The Morgan fingerprint density at radius 1 is 0.500 bits per heavy atom. The number of rotatable bonds is 45. The Morgan fingerprint density at radius 2 is 0.839 bits per heavy atom. The zero-order chi connectivity index (χ0) is 45.5. The maximum absolute atomic E-state index is 13.0. The Bertz CT molecular complexity index is 975. The van der Waals surface area contributed by atoms with E-state index in [0.717, 1.165) is 38.5 Å². The van der Waals surface area contributed by atoms with Gasteiger partial charge in [-0.2, -0.15) is 0 Å². The number of nitrogens with one attached hydrogen (secondary N) is 1. The van der Waals surface area contributed by atoms with Crippen LogP contribution >= 0.6 is 0 Å². The molecule has 9 unspecified atom stereocenters. The molecule has 0 aromatic rings. The van der Waals surface area contributed by atoms with Crippen molar-refractivity contribution in [3.63, 3.8) is 0 Å². The first-order chi connectivity index (χ1) is 30.2. The first kappa shape index (κ1) is 59.1. The average Bonchev–Trinajstić information content (AvgIpc) is 3.27. The molecule has 11 nitrogen and oxygen atoms in total. The summed E-state index contributed by atoms with van der Waals surface area (Å²) in [7, 11) is 0. The minimum atomic E-state index is -1.65. The van der Waals surface area contributed by atoms with Gasteiger partial charge in [0.15, 0.2) is 6.29 Å². The predicted molar refractivity (Wildman–Crippen MR) is 252 cm³/mol. The van der Waals surface area contributed by atoms with E-state index >= 15 is 0 Å². The van der Waals surface area contributed by atoms with Crippen LogP contribution < -0.4 is 5.32 Å². The lowest BCUT2D eigenvalue weighted by atomic mass is 9.98. The number of aliphatic hydroxyl groups excluding tert-OH is 7. The lowest BCUT2D eigenvalue weighted by Gasteiger charge is -2.40. The third kappa shape index (κ3) is 30.3. The highest BCUT2D eigenvalue weighted by atomic mass is 16.7. The van der Waals surface area contributed by atoms with E-state index in [4.69, 9.17) is 9.47 Å². The van der Waals surface area contributed by atoms with E-state index in [1.165, 1.54) is 173 Å². The van der Waals surface area contributed by atoms with Gasteiger partial charge in [-0.3, -0.25) is 4.79 Å². The van der Waals surface area contributed by atoms with E-state index in [9.17, 15) is 40.5 Å². The summed E-state index contributed by atoms with van der Waals surface area (Å²) in [6.45, 7) is 3.31. The Labute approximate surface area is 379 Å². The molecule has 9 atom stereocenters. The molecule has 1 aliphatic rings. The van der Waals surface area contributed by atoms with E-state index in [1.54, 1.807) is 0 Å². The van der Waals surface area contributed by atoms with Gasteiger partial charge in [-0.15, -0.1) is 0 Å². The van der Waals surface area contributed by atoms with Crippen LogP contribution in [0, 0.1) is 0 Å². The van der Waals surface area contributed by atoms with Crippen LogP contribution in [0.5, 0.6) is 0 Å².